The molecule has 96 valence electrons. The minimum absolute atomic E-state index is 0.336. The number of hydrogen-bond donors (Lipinski definition) is 1. The minimum atomic E-state index is 0.336. The summed E-state index contributed by atoms with van der Waals surface area (Å²) in [6.07, 6.45) is 3.65. The topological polar surface area (TPSA) is 81.3 Å². The van der Waals surface area contributed by atoms with E-state index in [-0.39, 0.29) is 0 Å². The normalized spacial score (nSPS) is 18.3. The predicted molar refractivity (Wildman–Crippen MR) is 64.5 cm³/mol. The van der Waals surface area contributed by atoms with Crippen molar-refractivity contribution >= 4 is 0 Å². The van der Waals surface area contributed by atoms with Gasteiger partial charge in [0.15, 0.2) is 5.76 Å². The molecule has 2 aromatic heterocycles. The lowest BCUT2D eigenvalue weighted by atomic mass is 10.1. The highest BCUT2D eigenvalue weighted by molar-refractivity contribution is 5.44. The number of hydrogen-bond acceptors (Lipinski definition) is 6. The standard InChI is InChI=1S/C12H16N4O2/c13-9-3-5-16(6-4-9)8-11-14-12(15-18-11)10-2-1-7-17-10/h1-2,7,9H,3-6,8,13H2. The molecule has 0 aliphatic carbocycles. The molecule has 2 aromatic rings. The van der Waals surface area contributed by atoms with Gasteiger partial charge in [-0.15, -0.1) is 0 Å². The SMILES string of the molecule is NC1CCN(Cc2nc(-c3ccco3)no2)CC1. The van der Waals surface area contributed by atoms with Crippen LogP contribution < -0.4 is 5.73 Å². The molecule has 0 amide bonds. The molecule has 0 radical (unpaired) electrons. The van der Waals surface area contributed by atoms with Gasteiger partial charge in [0.25, 0.3) is 0 Å². The summed E-state index contributed by atoms with van der Waals surface area (Å²) in [7, 11) is 0. The van der Waals surface area contributed by atoms with Crippen LogP contribution in [0.2, 0.25) is 0 Å². The average molecular weight is 248 g/mol. The Balaban J connectivity index is 1.64. The fourth-order valence-electron chi connectivity index (χ4n) is 2.13. The zero-order valence-corrected chi connectivity index (χ0v) is 10.1. The van der Waals surface area contributed by atoms with Crippen LogP contribution in [0.3, 0.4) is 0 Å². The van der Waals surface area contributed by atoms with Crippen LogP contribution in [-0.4, -0.2) is 34.2 Å². The van der Waals surface area contributed by atoms with Gasteiger partial charge in [-0.3, -0.25) is 4.90 Å². The van der Waals surface area contributed by atoms with Crippen molar-refractivity contribution in [1.82, 2.24) is 15.0 Å². The lowest BCUT2D eigenvalue weighted by Gasteiger charge is -2.28. The van der Waals surface area contributed by atoms with Crippen LogP contribution in [0.4, 0.5) is 0 Å². The predicted octanol–water partition coefficient (Wildman–Crippen LogP) is 1.25. The van der Waals surface area contributed by atoms with E-state index in [0.717, 1.165) is 25.9 Å². The van der Waals surface area contributed by atoms with Crippen LogP contribution in [0.25, 0.3) is 11.6 Å². The van der Waals surface area contributed by atoms with Crippen LogP contribution in [-0.2, 0) is 6.54 Å². The van der Waals surface area contributed by atoms with Gasteiger partial charge in [0, 0.05) is 19.1 Å². The quantitative estimate of drug-likeness (QED) is 0.880. The Hall–Kier alpha value is -1.66. The molecular formula is C12H16N4O2. The number of likely N-dealkylation sites (tertiary alicyclic amines) is 1. The van der Waals surface area contributed by atoms with Crippen molar-refractivity contribution in [2.75, 3.05) is 13.1 Å². The van der Waals surface area contributed by atoms with E-state index in [9.17, 15) is 0 Å². The van der Waals surface area contributed by atoms with Crippen LogP contribution in [0, 0.1) is 0 Å². The van der Waals surface area contributed by atoms with E-state index < -0.39 is 0 Å². The molecule has 0 aromatic carbocycles. The van der Waals surface area contributed by atoms with E-state index in [0.29, 0.717) is 30.1 Å². The van der Waals surface area contributed by atoms with Crippen molar-refractivity contribution < 1.29 is 8.94 Å². The molecule has 1 saturated heterocycles. The van der Waals surface area contributed by atoms with Crippen molar-refractivity contribution in [3.05, 3.63) is 24.3 Å². The first kappa shape index (κ1) is 11.4. The fraction of sp³-hybridized carbons (Fsp3) is 0.500. The Morgan fingerprint density at radius 1 is 1.39 bits per heavy atom. The summed E-state index contributed by atoms with van der Waals surface area (Å²) < 4.78 is 10.4. The summed E-state index contributed by atoms with van der Waals surface area (Å²) in [5, 5.41) is 3.91. The molecule has 6 nitrogen and oxygen atoms in total. The smallest absolute Gasteiger partial charge is 0.241 e. The Labute approximate surface area is 105 Å². The number of piperidine rings is 1. The number of nitrogens with two attached hydrogens (primary N) is 1. The summed E-state index contributed by atoms with van der Waals surface area (Å²) in [6, 6.07) is 3.95. The summed E-state index contributed by atoms with van der Waals surface area (Å²) in [5.41, 5.74) is 5.87. The second-order valence-corrected chi connectivity index (χ2v) is 4.60. The third-order valence-electron chi connectivity index (χ3n) is 3.20. The molecule has 6 heteroatoms. The Morgan fingerprint density at radius 2 is 2.22 bits per heavy atom. The van der Waals surface area contributed by atoms with Gasteiger partial charge in [0.2, 0.25) is 11.7 Å². The second kappa shape index (κ2) is 4.91. The lowest BCUT2D eigenvalue weighted by Crippen LogP contribution is -2.39. The van der Waals surface area contributed by atoms with Gasteiger partial charge < -0.3 is 14.7 Å². The van der Waals surface area contributed by atoms with Gasteiger partial charge in [-0.05, 0) is 25.0 Å². The number of furan rings is 1. The number of nitrogens with zero attached hydrogens (tertiary/aromatic N) is 3. The van der Waals surface area contributed by atoms with E-state index in [1.165, 1.54) is 0 Å². The van der Waals surface area contributed by atoms with Crippen LogP contribution in [0.5, 0.6) is 0 Å². The molecule has 1 aliphatic rings. The van der Waals surface area contributed by atoms with Crippen LogP contribution >= 0.6 is 0 Å². The van der Waals surface area contributed by atoms with Gasteiger partial charge >= 0.3 is 0 Å². The molecule has 0 saturated carbocycles. The largest absolute Gasteiger partial charge is 0.461 e. The molecule has 2 N–H and O–H groups in total. The zero-order valence-electron chi connectivity index (χ0n) is 10.1. The van der Waals surface area contributed by atoms with Gasteiger partial charge in [-0.25, -0.2) is 0 Å². The summed E-state index contributed by atoms with van der Waals surface area (Å²) in [6.45, 7) is 2.65. The van der Waals surface area contributed by atoms with Gasteiger partial charge in [-0.2, -0.15) is 4.98 Å². The van der Waals surface area contributed by atoms with Crippen LogP contribution in [0.1, 0.15) is 18.7 Å². The maximum Gasteiger partial charge on any atom is 0.241 e. The molecule has 0 unspecified atom stereocenters. The third kappa shape index (κ3) is 2.44. The highest BCUT2D eigenvalue weighted by atomic mass is 16.5. The molecule has 0 spiro atoms. The van der Waals surface area contributed by atoms with E-state index in [4.69, 9.17) is 14.7 Å². The molecule has 0 atom stereocenters. The first-order valence-corrected chi connectivity index (χ1v) is 6.15. The van der Waals surface area contributed by atoms with Crippen molar-refractivity contribution in [2.45, 2.75) is 25.4 Å². The molecule has 1 aliphatic heterocycles. The fourth-order valence-corrected chi connectivity index (χ4v) is 2.13. The summed E-state index contributed by atoms with van der Waals surface area (Å²) in [4.78, 5) is 6.60. The van der Waals surface area contributed by atoms with Gasteiger partial charge in [-0.1, -0.05) is 5.16 Å². The Morgan fingerprint density at radius 3 is 2.94 bits per heavy atom. The maximum atomic E-state index is 5.87. The maximum absolute atomic E-state index is 5.87. The van der Waals surface area contributed by atoms with Gasteiger partial charge in [0.1, 0.15) is 0 Å². The van der Waals surface area contributed by atoms with E-state index in [2.05, 4.69) is 15.0 Å². The van der Waals surface area contributed by atoms with E-state index in [1.807, 2.05) is 6.07 Å². The molecule has 3 rings (SSSR count). The lowest BCUT2D eigenvalue weighted by molar-refractivity contribution is 0.182. The van der Waals surface area contributed by atoms with Crippen molar-refractivity contribution in [2.24, 2.45) is 5.73 Å². The third-order valence-corrected chi connectivity index (χ3v) is 3.20. The van der Waals surface area contributed by atoms with Crippen molar-refractivity contribution in [3.63, 3.8) is 0 Å². The van der Waals surface area contributed by atoms with Crippen molar-refractivity contribution in [3.8, 4) is 11.6 Å². The summed E-state index contributed by atoms with van der Waals surface area (Å²) >= 11 is 0. The van der Waals surface area contributed by atoms with E-state index >= 15 is 0 Å². The molecule has 1 fully saturated rings. The monoisotopic (exact) mass is 248 g/mol. The number of rotatable bonds is 3. The molecule has 3 heterocycles. The average Bonchev–Trinajstić information content (AvgIpc) is 3.02. The minimum Gasteiger partial charge on any atom is -0.461 e. The Kier molecular flexibility index (Phi) is 3.12. The first-order valence-electron chi connectivity index (χ1n) is 6.15. The highest BCUT2D eigenvalue weighted by Crippen LogP contribution is 2.17. The molecular weight excluding hydrogens is 232 g/mol. The van der Waals surface area contributed by atoms with Crippen molar-refractivity contribution in [1.29, 1.82) is 0 Å². The molecule has 0 bridgehead atoms. The Bertz CT molecular complexity index is 486. The van der Waals surface area contributed by atoms with Crippen LogP contribution in [0.15, 0.2) is 27.3 Å². The van der Waals surface area contributed by atoms with E-state index in [1.54, 1.807) is 12.3 Å². The molecule has 18 heavy (non-hydrogen) atoms. The summed E-state index contributed by atoms with van der Waals surface area (Å²) in [5.74, 6) is 1.76. The number of aromatic nitrogens is 2. The van der Waals surface area contributed by atoms with Gasteiger partial charge in [0.05, 0.1) is 12.8 Å². The highest BCUT2D eigenvalue weighted by Gasteiger charge is 2.19. The first-order chi connectivity index (χ1) is 8.81. The second-order valence-electron chi connectivity index (χ2n) is 4.60. The zero-order chi connectivity index (χ0) is 12.4.